The van der Waals surface area contributed by atoms with Gasteiger partial charge >= 0.3 is 0 Å². The van der Waals surface area contributed by atoms with Crippen LogP contribution in [0, 0.1) is 0 Å². The summed E-state index contributed by atoms with van der Waals surface area (Å²) in [5, 5.41) is 3.32. The van der Waals surface area contributed by atoms with Crippen molar-refractivity contribution >= 4 is 15.7 Å². The number of piperazine rings is 1. The van der Waals surface area contributed by atoms with E-state index in [9.17, 15) is 8.42 Å². The third-order valence-corrected chi connectivity index (χ3v) is 6.09. The summed E-state index contributed by atoms with van der Waals surface area (Å²) in [6.07, 6.45) is 5.37. The molecule has 0 amide bonds. The molecule has 3 rings (SSSR count). The number of sulfonamides is 1. The van der Waals surface area contributed by atoms with E-state index >= 15 is 0 Å². The molecule has 0 radical (unpaired) electrons. The van der Waals surface area contributed by atoms with Crippen LogP contribution in [0.3, 0.4) is 0 Å². The number of hydrogen-bond acceptors (Lipinski definition) is 4. The molecule has 0 atom stereocenters. The Kier molecular flexibility index (Phi) is 5.00. The number of benzene rings is 1. The van der Waals surface area contributed by atoms with E-state index in [4.69, 9.17) is 0 Å². The fourth-order valence-corrected chi connectivity index (χ4v) is 4.57. The maximum Gasteiger partial charge on any atom is 0.240 e. The molecule has 1 saturated carbocycles. The molecule has 1 aliphatic carbocycles. The van der Waals surface area contributed by atoms with Crippen LogP contribution in [-0.4, -0.2) is 40.6 Å². The van der Waals surface area contributed by atoms with Gasteiger partial charge in [0.05, 0.1) is 4.90 Å². The van der Waals surface area contributed by atoms with Crippen LogP contribution in [0.25, 0.3) is 0 Å². The molecule has 0 spiro atoms. The van der Waals surface area contributed by atoms with Gasteiger partial charge in [-0.15, -0.1) is 0 Å². The third-order valence-electron chi connectivity index (χ3n) is 4.56. The molecule has 1 aromatic rings. The SMILES string of the molecule is O=S(=O)(NC1CCCCC1)c1ccc(N2CCNCC2)cc1. The zero-order valence-electron chi connectivity index (χ0n) is 12.9. The Labute approximate surface area is 133 Å². The van der Waals surface area contributed by atoms with Gasteiger partial charge in [-0.2, -0.15) is 0 Å². The van der Waals surface area contributed by atoms with Crippen molar-refractivity contribution in [2.75, 3.05) is 31.1 Å². The fourth-order valence-electron chi connectivity index (χ4n) is 3.27. The minimum Gasteiger partial charge on any atom is -0.369 e. The van der Waals surface area contributed by atoms with Crippen LogP contribution < -0.4 is 14.9 Å². The van der Waals surface area contributed by atoms with Gasteiger partial charge in [-0.05, 0) is 37.1 Å². The average molecular weight is 323 g/mol. The molecule has 1 aliphatic heterocycles. The second-order valence-corrected chi connectivity index (χ2v) is 7.90. The standard InChI is InChI=1S/C16H25N3O2S/c20-22(21,18-14-4-2-1-3-5-14)16-8-6-15(7-9-16)19-12-10-17-11-13-19/h6-9,14,17-18H,1-5,10-13H2. The quantitative estimate of drug-likeness (QED) is 0.885. The Bertz CT molecular complexity index is 574. The van der Waals surface area contributed by atoms with Gasteiger partial charge in [0.15, 0.2) is 0 Å². The van der Waals surface area contributed by atoms with Crippen LogP contribution >= 0.6 is 0 Å². The van der Waals surface area contributed by atoms with Crippen molar-refractivity contribution in [2.24, 2.45) is 0 Å². The van der Waals surface area contributed by atoms with Crippen LogP contribution in [0.15, 0.2) is 29.2 Å². The smallest absolute Gasteiger partial charge is 0.240 e. The van der Waals surface area contributed by atoms with E-state index in [0.29, 0.717) is 4.90 Å². The van der Waals surface area contributed by atoms with E-state index in [0.717, 1.165) is 57.5 Å². The second-order valence-electron chi connectivity index (χ2n) is 6.19. The number of nitrogens with one attached hydrogen (secondary N) is 2. The van der Waals surface area contributed by atoms with E-state index in [-0.39, 0.29) is 6.04 Å². The van der Waals surface area contributed by atoms with E-state index < -0.39 is 10.0 Å². The van der Waals surface area contributed by atoms with Gasteiger partial charge in [0, 0.05) is 37.9 Å². The number of anilines is 1. The molecule has 2 aliphatic rings. The lowest BCUT2D eigenvalue weighted by Crippen LogP contribution is -2.43. The average Bonchev–Trinajstić information content (AvgIpc) is 2.56. The molecule has 0 bridgehead atoms. The number of hydrogen-bond donors (Lipinski definition) is 2. The zero-order valence-corrected chi connectivity index (χ0v) is 13.7. The molecular weight excluding hydrogens is 298 g/mol. The zero-order chi connectivity index (χ0) is 15.4. The largest absolute Gasteiger partial charge is 0.369 e. The van der Waals surface area contributed by atoms with Crippen molar-refractivity contribution in [2.45, 2.75) is 43.0 Å². The highest BCUT2D eigenvalue weighted by Crippen LogP contribution is 2.22. The summed E-state index contributed by atoms with van der Waals surface area (Å²) < 4.78 is 27.8. The molecule has 0 unspecified atom stereocenters. The van der Waals surface area contributed by atoms with Crippen LogP contribution in [0.1, 0.15) is 32.1 Å². The van der Waals surface area contributed by atoms with E-state index in [1.807, 2.05) is 12.1 Å². The molecule has 122 valence electrons. The van der Waals surface area contributed by atoms with Gasteiger partial charge < -0.3 is 10.2 Å². The van der Waals surface area contributed by atoms with Crippen molar-refractivity contribution in [3.8, 4) is 0 Å². The Hall–Kier alpha value is -1.11. The Morgan fingerprint density at radius 2 is 1.64 bits per heavy atom. The molecule has 6 heteroatoms. The molecule has 22 heavy (non-hydrogen) atoms. The minimum atomic E-state index is -3.39. The molecule has 1 heterocycles. The predicted octanol–water partition coefficient (Wildman–Crippen LogP) is 1.71. The predicted molar refractivity (Wildman–Crippen MR) is 88.7 cm³/mol. The summed E-state index contributed by atoms with van der Waals surface area (Å²) in [4.78, 5) is 2.65. The van der Waals surface area contributed by atoms with Gasteiger partial charge in [0.25, 0.3) is 0 Å². The summed E-state index contributed by atoms with van der Waals surface area (Å²) in [6, 6.07) is 7.39. The van der Waals surface area contributed by atoms with Gasteiger partial charge in [0.1, 0.15) is 0 Å². The Morgan fingerprint density at radius 1 is 1.00 bits per heavy atom. The van der Waals surface area contributed by atoms with E-state index in [1.54, 1.807) is 12.1 Å². The summed E-state index contributed by atoms with van der Waals surface area (Å²) in [5.74, 6) is 0. The van der Waals surface area contributed by atoms with E-state index in [1.165, 1.54) is 6.42 Å². The van der Waals surface area contributed by atoms with E-state index in [2.05, 4.69) is 14.9 Å². The summed E-state index contributed by atoms with van der Waals surface area (Å²) in [6.45, 7) is 3.88. The Morgan fingerprint density at radius 3 is 2.27 bits per heavy atom. The van der Waals surface area contributed by atoms with Crippen LogP contribution in [-0.2, 0) is 10.0 Å². The maximum absolute atomic E-state index is 12.5. The molecular formula is C16H25N3O2S. The first-order valence-electron chi connectivity index (χ1n) is 8.23. The number of nitrogens with zero attached hydrogens (tertiary/aromatic N) is 1. The molecule has 2 fully saturated rings. The molecule has 2 N–H and O–H groups in total. The summed E-state index contributed by atoms with van der Waals surface area (Å²) >= 11 is 0. The lowest BCUT2D eigenvalue weighted by Gasteiger charge is -2.29. The number of rotatable bonds is 4. The molecule has 5 nitrogen and oxygen atoms in total. The highest BCUT2D eigenvalue weighted by molar-refractivity contribution is 7.89. The summed E-state index contributed by atoms with van der Waals surface area (Å²) in [7, 11) is -3.39. The van der Waals surface area contributed by atoms with Gasteiger partial charge in [-0.1, -0.05) is 19.3 Å². The van der Waals surface area contributed by atoms with Crippen molar-refractivity contribution in [1.82, 2.24) is 10.0 Å². The topological polar surface area (TPSA) is 61.4 Å². The van der Waals surface area contributed by atoms with Crippen molar-refractivity contribution in [3.05, 3.63) is 24.3 Å². The summed E-state index contributed by atoms with van der Waals surface area (Å²) in [5.41, 5.74) is 1.10. The van der Waals surface area contributed by atoms with Crippen molar-refractivity contribution < 1.29 is 8.42 Å². The highest BCUT2D eigenvalue weighted by atomic mass is 32.2. The minimum absolute atomic E-state index is 0.103. The van der Waals surface area contributed by atoms with Gasteiger partial charge in [-0.3, -0.25) is 0 Å². The molecule has 1 saturated heterocycles. The lowest BCUT2D eigenvalue weighted by molar-refractivity contribution is 0.412. The first-order valence-corrected chi connectivity index (χ1v) is 9.71. The third kappa shape index (κ3) is 3.80. The van der Waals surface area contributed by atoms with Gasteiger partial charge in [0.2, 0.25) is 10.0 Å². The van der Waals surface area contributed by atoms with Crippen molar-refractivity contribution in [3.63, 3.8) is 0 Å². The van der Waals surface area contributed by atoms with Crippen LogP contribution in [0.5, 0.6) is 0 Å². The maximum atomic E-state index is 12.5. The van der Waals surface area contributed by atoms with Crippen LogP contribution in [0.4, 0.5) is 5.69 Å². The lowest BCUT2D eigenvalue weighted by atomic mass is 9.96. The molecule has 1 aromatic carbocycles. The normalized spacial score (nSPS) is 21.0. The highest BCUT2D eigenvalue weighted by Gasteiger charge is 2.22. The second kappa shape index (κ2) is 6.98. The first-order chi connectivity index (χ1) is 10.6. The monoisotopic (exact) mass is 323 g/mol. The first kappa shape index (κ1) is 15.8. The fraction of sp³-hybridized carbons (Fsp3) is 0.625. The van der Waals surface area contributed by atoms with Gasteiger partial charge in [-0.25, -0.2) is 13.1 Å². The Balaban J connectivity index is 1.68. The molecule has 0 aromatic heterocycles. The van der Waals surface area contributed by atoms with Crippen LogP contribution in [0.2, 0.25) is 0 Å². The van der Waals surface area contributed by atoms with Crippen molar-refractivity contribution in [1.29, 1.82) is 0 Å².